The van der Waals surface area contributed by atoms with Gasteiger partial charge in [0.25, 0.3) is 15.6 Å². The third-order valence-electron chi connectivity index (χ3n) is 4.53. The molecule has 0 radical (unpaired) electrons. The summed E-state index contributed by atoms with van der Waals surface area (Å²) >= 11 is 0. The van der Waals surface area contributed by atoms with Crippen molar-refractivity contribution in [3.8, 4) is 5.69 Å². The van der Waals surface area contributed by atoms with Crippen LogP contribution in [0, 0.1) is 6.92 Å². The number of hydrogen-bond acceptors (Lipinski definition) is 3. The van der Waals surface area contributed by atoms with E-state index in [9.17, 15) is 8.42 Å². The molecule has 0 unspecified atom stereocenters. The Hall–Kier alpha value is -2.64. The summed E-state index contributed by atoms with van der Waals surface area (Å²) in [5.41, 5.74) is 3.76. The molecule has 0 amide bonds. The van der Waals surface area contributed by atoms with E-state index in [4.69, 9.17) is 8.97 Å². The van der Waals surface area contributed by atoms with Crippen LogP contribution < -0.4 is 4.57 Å². The number of fused-ring (bicyclic) bond motifs is 2. The van der Waals surface area contributed by atoms with Gasteiger partial charge in [0.05, 0.1) is 23.9 Å². The van der Waals surface area contributed by atoms with Crippen molar-refractivity contribution in [1.29, 1.82) is 0 Å². The van der Waals surface area contributed by atoms with Crippen LogP contribution in [0.3, 0.4) is 0 Å². The van der Waals surface area contributed by atoms with Crippen molar-refractivity contribution in [1.82, 2.24) is 4.57 Å². The molecule has 0 fully saturated rings. The van der Waals surface area contributed by atoms with Crippen LogP contribution >= 0.6 is 0 Å². The lowest BCUT2D eigenvalue weighted by Gasteiger charge is -2.04. The number of aryl methyl sites for hydroxylation is 2. The van der Waals surface area contributed by atoms with Crippen molar-refractivity contribution in [3.63, 3.8) is 0 Å². The lowest BCUT2D eigenvalue weighted by Crippen LogP contribution is -2.36. The Morgan fingerprint density at radius 3 is 2.77 bits per heavy atom. The molecule has 4 aromatic rings. The maximum atomic E-state index is 11.0. The fraction of sp³-hybridized carbons (Fsp3) is 0.211. The van der Waals surface area contributed by atoms with Crippen LogP contribution in [0.1, 0.15) is 12.3 Å². The summed E-state index contributed by atoms with van der Waals surface area (Å²) in [6.07, 6.45) is 2.34. The second kappa shape index (κ2) is 6.26. The number of para-hydroxylation sites is 1. The molecule has 7 heteroatoms. The molecule has 0 atom stereocenters. The van der Waals surface area contributed by atoms with Crippen molar-refractivity contribution in [2.45, 2.75) is 19.9 Å². The van der Waals surface area contributed by atoms with Gasteiger partial charge in [0.2, 0.25) is 5.58 Å². The van der Waals surface area contributed by atoms with E-state index < -0.39 is 10.1 Å². The number of oxazole rings is 1. The van der Waals surface area contributed by atoms with Crippen LogP contribution in [0.5, 0.6) is 0 Å². The Labute approximate surface area is 151 Å². The second-order valence-electron chi connectivity index (χ2n) is 6.31. The Morgan fingerprint density at radius 2 is 1.96 bits per heavy atom. The summed E-state index contributed by atoms with van der Waals surface area (Å²) in [5, 5.41) is 1.16. The Morgan fingerprint density at radius 1 is 1.15 bits per heavy atom. The Kier molecular flexibility index (Phi) is 4.05. The highest BCUT2D eigenvalue weighted by Gasteiger charge is 2.20. The molecule has 0 aliphatic carbocycles. The van der Waals surface area contributed by atoms with Crippen LogP contribution in [0.15, 0.2) is 59.1 Å². The molecule has 1 N–H and O–H groups in total. The molecule has 6 nitrogen and oxygen atoms in total. The summed E-state index contributed by atoms with van der Waals surface area (Å²) in [5.74, 6) is 0.429. The van der Waals surface area contributed by atoms with E-state index in [0.29, 0.717) is 18.9 Å². The lowest BCUT2D eigenvalue weighted by molar-refractivity contribution is -0.682. The molecule has 2 aromatic carbocycles. The van der Waals surface area contributed by atoms with E-state index >= 15 is 0 Å². The SMILES string of the molecule is Cc1oc2ccc(-n3ccc4ccccc43)cc2[n+]1CCCS(=O)(=O)O. The third-order valence-corrected chi connectivity index (χ3v) is 5.34. The molecular weight excluding hydrogens is 352 g/mol. The summed E-state index contributed by atoms with van der Waals surface area (Å²) < 4.78 is 40.7. The minimum atomic E-state index is -3.96. The predicted octanol–water partition coefficient (Wildman–Crippen LogP) is 3.25. The number of hydrogen-bond donors (Lipinski definition) is 1. The van der Waals surface area contributed by atoms with Crippen LogP contribution in [0.2, 0.25) is 0 Å². The Balaban J connectivity index is 1.75. The zero-order chi connectivity index (χ0) is 18.3. The molecule has 26 heavy (non-hydrogen) atoms. The van der Waals surface area contributed by atoms with Gasteiger partial charge in [-0.1, -0.05) is 18.2 Å². The number of rotatable bonds is 5. The van der Waals surface area contributed by atoms with Gasteiger partial charge in [0.15, 0.2) is 6.54 Å². The van der Waals surface area contributed by atoms with Gasteiger partial charge < -0.3 is 8.98 Å². The van der Waals surface area contributed by atoms with Crippen LogP contribution in [-0.2, 0) is 16.7 Å². The standard InChI is InChI=1S/C19H18N2O4S/c1-14-20(10-4-12-26(22,23)24)18-13-16(7-8-19(18)25-14)21-11-9-15-5-2-3-6-17(15)21/h2-3,5-9,11,13H,4,10,12H2,1H3/p+1. The summed E-state index contributed by atoms with van der Waals surface area (Å²) in [4.78, 5) is 0. The van der Waals surface area contributed by atoms with Crippen LogP contribution in [0.25, 0.3) is 27.7 Å². The summed E-state index contributed by atoms with van der Waals surface area (Å²) in [7, 11) is -3.96. The van der Waals surface area contributed by atoms with Crippen molar-refractivity contribution >= 4 is 32.1 Å². The molecule has 0 spiro atoms. The first-order valence-electron chi connectivity index (χ1n) is 8.37. The zero-order valence-electron chi connectivity index (χ0n) is 14.3. The fourth-order valence-corrected chi connectivity index (χ4v) is 3.82. The molecule has 0 bridgehead atoms. The van der Waals surface area contributed by atoms with Gasteiger partial charge in [-0.25, -0.2) is 0 Å². The van der Waals surface area contributed by atoms with Crippen LogP contribution in [0.4, 0.5) is 0 Å². The van der Waals surface area contributed by atoms with E-state index in [1.54, 1.807) is 0 Å². The molecule has 2 heterocycles. The average molecular weight is 371 g/mol. The minimum absolute atomic E-state index is 0.270. The third kappa shape index (κ3) is 3.11. The van der Waals surface area contributed by atoms with Gasteiger partial charge >= 0.3 is 5.89 Å². The second-order valence-corrected chi connectivity index (χ2v) is 7.88. The van der Waals surface area contributed by atoms with Gasteiger partial charge in [-0.2, -0.15) is 13.0 Å². The first kappa shape index (κ1) is 16.8. The molecular formula is C19H19N2O4S+. The number of aromatic nitrogens is 2. The largest absolute Gasteiger partial charge is 0.402 e. The zero-order valence-corrected chi connectivity index (χ0v) is 15.1. The molecule has 0 saturated carbocycles. The quantitative estimate of drug-likeness (QED) is 0.432. The predicted molar refractivity (Wildman–Crippen MR) is 99.0 cm³/mol. The van der Waals surface area contributed by atoms with Gasteiger partial charge in [0.1, 0.15) is 0 Å². The number of benzene rings is 2. The van der Waals surface area contributed by atoms with Crippen molar-refractivity contribution in [3.05, 3.63) is 60.6 Å². The highest BCUT2D eigenvalue weighted by Crippen LogP contribution is 2.23. The maximum Gasteiger partial charge on any atom is 0.344 e. The van der Waals surface area contributed by atoms with E-state index in [1.807, 2.05) is 48.0 Å². The van der Waals surface area contributed by atoms with Crippen LogP contribution in [-0.4, -0.2) is 23.3 Å². The smallest absolute Gasteiger partial charge is 0.344 e. The van der Waals surface area contributed by atoms with Gasteiger partial charge in [-0.05, 0) is 29.7 Å². The van der Waals surface area contributed by atoms with E-state index in [1.165, 1.54) is 0 Å². The average Bonchev–Trinajstić information content (AvgIpc) is 3.15. The number of nitrogens with zero attached hydrogens (tertiary/aromatic N) is 2. The fourth-order valence-electron chi connectivity index (χ4n) is 3.33. The highest BCUT2D eigenvalue weighted by molar-refractivity contribution is 7.85. The molecule has 2 aromatic heterocycles. The van der Waals surface area contributed by atoms with Crippen molar-refractivity contribution < 1.29 is 22.0 Å². The van der Waals surface area contributed by atoms with Gasteiger partial charge in [-0.3, -0.25) is 4.55 Å². The van der Waals surface area contributed by atoms with E-state index in [-0.39, 0.29) is 5.75 Å². The Bertz CT molecular complexity index is 1200. The molecule has 0 aliphatic rings. The topological polar surface area (TPSA) is 76.3 Å². The van der Waals surface area contributed by atoms with Gasteiger partial charge in [0, 0.05) is 18.7 Å². The van der Waals surface area contributed by atoms with E-state index in [2.05, 4.69) is 22.8 Å². The normalized spacial score (nSPS) is 12.2. The lowest BCUT2D eigenvalue weighted by atomic mass is 10.2. The first-order valence-corrected chi connectivity index (χ1v) is 9.98. The maximum absolute atomic E-state index is 11.0. The summed E-state index contributed by atoms with van der Waals surface area (Å²) in [6.45, 7) is 2.30. The van der Waals surface area contributed by atoms with E-state index in [0.717, 1.165) is 27.7 Å². The van der Waals surface area contributed by atoms with Crippen molar-refractivity contribution in [2.75, 3.05) is 5.75 Å². The summed E-state index contributed by atoms with van der Waals surface area (Å²) in [6, 6.07) is 16.2. The van der Waals surface area contributed by atoms with Crippen molar-refractivity contribution in [2.24, 2.45) is 0 Å². The molecule has 134 valence electrons. The minimum Gasteiger partial charge on any atom is -0.402 e. The molecule has 0 saturated heterocycles. The van der Waals surface area contributed by atoms with Gasteiger partial charge in [-0.15, -0.1) is 0 Å². The molecule has 4 rings (SSSR count). The molecule has 0 aliphatic heterocycles. The first-order chi connectivity index (χ1) is 12.4. The highest BCUT2D eigenvalue weighted by atomic mass is 32.2. The monoisotopic (exact) mass is 371 g/mol.